The molecule has 2 aromatic rings. The maximum Gasteiger partial charge on any atom is 0.131 e. The summed E-state index contributed by atoms with van der Waals surface area (Å²) in [4.78, 5) is 0. The van der Waals surface area contributed by atoms with E-state index >= 15 is 0 Å². The number of ether oxygens (including phenoxy) is 1. The molecule has 3 rings (SSSR count). The predicted octanol–water partition coefficient (Wildman–Crippen LogP) is 3.27. The summed E-state index contributed by atoms with van der Waals surface area (Å²) in [5.41, 5.74) is 1.30. The first-order valence-corrected chi connectivity index (χ1v) is 6.22. The number of rotatable bonds is 1. The van der Waals surface area contributed by atoms with Crippen LogP contribution in [0.3, 0.4) is 0 Å². The maximum atomic E-state index is 5.95. The highest BCUT2D eigenvalue weighted by atomic mass is 16.5. The highest BCUT2D eigenvalue weighted by Crippen LogP contribution is 2.37. The van der Waals surface area contributed by atoms with Crippen molar-refractivity contribution in [2.24, 2.45) is 0 Å². The lowest BCUT2D eigenvalue weighted by Crippen LogP contribution is -2.15. The lowest BCUT2D eigenvalue weighted by atomic mass is 9.98. The van der Waals surface area contributed by atoms with Crippen LogP contribution in [0.4, 0.5) is 0 Å². The monoisotopic (exact) mass is 227 g/mol. The van der Waals surface area contributed by atoms with Crippen LogP contribution >= 0.6 is 0 Å². The van der Waals surface area contributed by atoms with E-state index in [1.54, 1.807) is 0 Å². The SMILES string of the molecule is CNC1CCCOc2c1ccc1ccccc21. The molecule has 0 spiro atoms. The molecule has 0 aromatic heterocycles. The summed E-state index contributed by atoms with van der Waals surface area (Å²) in [6.07, 6.45) is 2.25. The van der Waals surface area contributed by atoms with E-state index < -0.39 is 0 Å². The Morgan fingerprint density at radius 1 is 1.18 bits per heavy atom. The van der Waals surface area contributed by atoms with Gasteiger partial charge in [-0.15, -0.1) is 0 Å². The quantitative estimate of drug-likeness (QED) is 0.807. The average molecular weight is 227 g/mol. The Morgan fingerprint density at radius 3 is 2.94 bits per heavy atom. The fourth-order valence-corrected chi connectivity index (χ4v) is 2.61. The van der Waals surface area contributed by atoms with Crippen molar-refractivity contribution in [3.63, 3.8) is 0 Å². The van der Waals surface area contributed by atoms with Gasteiger partial charge < -0.3 is 10.1 Å². The van der Waals surface area contributed by atoms with Crippen molar-refractivity contribution in [3.8, 4) is 5.75 Å². The van der Waals surface area contributed by atoms with Gasteiger partial charge in [-0.25, -0.2) is 0 Å². The molecule has 0 amide bonds. The molecule has 1 heterocycles. The zero-order chi connectivity index (χ0) is 11.7. The van der Waals surface area contributed by atoms with Gasteiger partial charge in [-0.05, 0) is 25.3 Å². The first-order valence-electron chi connectivity index (χ1n) is 6.22. The molecule has 0 aliphatic carbocycles. The van der Waals surface area contributed by atoms with Crippen molar-refractivity contribution in [2.75, 3.05) is 13.7 Å². The zero-order valence-electron chi connectivity index (χ0n) is 10.1. The van der Waals surface area contributed by atoms with Crippen LogP contribution in [0.15, 0.2) is 36.4 Å². The summed E-state index contributed by atoms with van der Waals surface area (Å²) in [6.45, 7) is 0.819. The van der Waals surface area contributed by atoms with Gasteiger partial charge in [0.15, 0.2) is 0 Å². The van der Waals surface area contributed by atoms with Gasteiger partial charge in [0.05, 0.1) is 6.61 Å². The zero-order valence-corrected chi connectivity index (χ0v) is 10.1. The molecule has 0 saturated heterocycles. The Balaban J connectivity index is 2.23. The lowest BCUT2D eigenvalue weighted by molar-refractivity contribution is 0.319. The topological polar surface area (TPSA) is 21.3 Å². The fourth-order valence-electron chi connectivity index (χ4n) is 2.61. The molecule has 88 valence electrons. The van der Waals surface area contributed by atoms with E-state index in [1.165, 1.54) is 16.3 Å². The summed E-state index contributed by atoms with van der Waals surface area (Å²) in [6, 6.07) is 13.2. The minimum Gasteiger partial charge on any atom is -0.493 e. The van der Waals surface area contributed by atoms with E-state index in [9.17, 15) is 0 Å². The molecule has 0 fully saturated rings. The normalized spacial score (nSPS) is 19.5. The minimum atomic E-state index is 0.414. The molecule has 1 N–H and O–H groups in total. The van der Waals surface area contributed by atoms with Crippen molar-refractivity contribution >= 4 is 10.8 Å². The smallest absolute Gasteiger partial charge is 0.131 e. The fraction of sp³-hybridized carbons (Fsp3) is 0.333. The third-order valence-corrected chi connectivity index (χ3v) is 3.52. The molecule has 1 unspecified atom stereocenters. The second-order valence-corrected chi connectivity index (χ2v) is 4.54. The van der Waals surface area contributed by atoms with Gasteiger partial charge in [-0.1, -0.05) is 36.4 Å². The van der Waals surface area contributed by atoms with Crippen LogP contribution < -0.4 is 10.1 Å². The molecular formula is C15H17NO. The summed E-state index contributed by atoms with van der Waals surface area (Å²) < 4.78 is 5.95. The summed E-state index contributed by atoms with van der Waals surface area (Å²) in [5.74, 6) is 1.07. The Kier molecular flexibility index (Phi) is 2.73. The van der Waals surface area contributed by atoms with E-state index in [1.807, 2.05) is 7.05 Å². The highest BCUT2D eigenvalue weighted by Gasteiger charge is 2.19. The maximum absolute atomic E-state index is 5.95. The number of hydrogen-bond acceptors (Lipinski definition) is 2. The second kappa shape index (κ2) is 4.38. The van der Waals surface area contributed by atoms with Crippen LogP contribution in [0.2, 0.25) is 0 Å². The van der Waals surface area contributed by atoms with Crippen LogP contribution in [0.5, 0.6) is 5.75 Å². The van der Waals surface area contributed by atoms with E-state index in [-0.39, 0.29) is 0 Å². The Labute approximate surface area is 102 Å². The Morgan fingerprint density at radius 2 is 2.06 bits per heavy atom. The molecule has 0 saturated carbocycles. The molecule has 1 aliphatic rings. The summed E-state index contributed by atoms with van der Waals surface area (Å²) in [5, 5.41) is 5.87. The van der Waals surface area contributed by atoms with E-state index in [4.69, 9.17) is 4.74 Å². The molecule has 17 heavy (non-hydrogen) atoms. The van der Waals surface area contributed by atoms with Crippen LogP contribution in [0.25, 0.3) is 10.8 Å². The third-order valence-electron chi connectivity index (χ3n) is 3.52. The predicted molar refractivity (Wildman–Crippen MR) is 70.5 cm³/mol. The van der Waals surface area contributed by atoms with Gasteiger partial charge in [0.1, 0.15) is 5.75 Å². The van der Waals surface area contributed by atoms with Crippen LogP contribution in [-0.4, -0.2) is 13.7 Å². The number of nitrogens with one attached hydrogen (secondary N) is 1. The van der Waals surface area contributed by atoms with Crippen molar-refractivity contribution in [1.29, 1.82) is 0 Å². The minimum absolute atomic E-state index is 0.414. The van der Waals surface area contributed by atoms with E-state index in [0.717, 1.165) is 25.2 Å². The van der Waals surface area contributed by atoms with Crippen molar-refractivity contribution in [2.45, 2.75) is 18.9 Å². The molecular weight excluding hydrogens is 210 g/mol. The largest absolute Gasteiger partial charge is 0.493 e. The van der Waals surface area contributed by atoms with Gasteiger partial charge in [0, 0.05) is 17.0 Å². The molecule has 0 radical (unpaired) electrons. The summed E-state index contributed by atoms with van der Waals surface area (Å²) >= 11 is 0. The second-order valence-electron chi connectivity index (χ2n) is 4.54. The summed E-state index contributed by atoms with van der Waals surface area (Å²) in [7, 11) is 2.02. The van der Waals surface area contributed by atoms with Gasteiger partial charge in [0.2, 0.25) is 0 Å². The van der Waals surface area contributed by atoms with Crippen LogP contribution in [0.1, 0.15) is 24.4 Å². The standard InChI is InChI=1S/C15H17NO/c1-16-14-7-4-10-17-15-12-6-3-2-5-11(12)8-9-13(14)15/h2-3,5-6,8-9,14,16H,4,7,10H2,1H3. The lowest BCUT2D eigenvalue weighted by Gasteiger charge is -2.17. The molecule has 1 aliphatic heterocycles. The number of benzene rings is 2. The van der Waals surface area contributed by atoms with Gasteiger partial charge in [0.25, 0.3) is 0 Å². The first kappa shape index (κ1) is 10.6. The van der Waals surface area contributed by atoms with Crippen molar-refractivity contribution in [3.05, 3.63) is 42.0 Å². The molecule has 1 atom stereocenters. The highest BCUT2D eigenvalue weighted by molar-refractivity contribution is 5.89. The first-order chi connectivity index (χ1) is 8.40. The van der Waals surface area contributed by atoms with Gasteiger partial charge in [-0.3, -0.25) is 0 Å². The van der Waals surface area contributed by atoms with Crippen LogP contribution in [-0.2, 0) is 0 Å². The van der Waals surface area contributed by atoms with E-state index in [2.05, 4.69) is 41.7 Å². The van der Waals surface area contributed by atoms with Crippen molar-refractivity contribution < 1.29 is 4.74 Å². The Bertz CT molecular complexity index is 535. The van der Waals surface area contributed by atoms with E-state index in [0.29, 0.717) is 6.04 Å². The molecule has 2 heteroatoms. The van der Waals surface area contributed by atoms with Gasteiger partial charge >= 0.3 is 0 Å². The molecule has 0 bridgehead atoms. The van der Waals surface area contributed by atoms with Crippen LogP contribution in [0, 0.1) is 0 Å². The molecule has 2 aromatic carbocycles. The molecule has 2 nitrogen and oxygen atoms in total. The third kappa shape index (κ3) is 1.79. The van der Waals surface area contributed by atoms with Crippen molar-refractivity contribution in [1.82, 2.24) is 5.32 Å². The Hall–Kier alpha value is -1.54. The average Bonchev–Trinajstić information content (AvgIpc) is 2.60. The van der Waals surface area contributed by atoms with Gasteiger partial charge in [-0.2, -0.15) is 0 Å². The number of fused-ring (bicyclic) bond motifs is 3. The number of hydrogen-bond donors (Lipinski definition) is 1.